The SMILES string of the molecule is CCCCC(CN)N(C)C1CCCCC1C. The van der Waals surface area contributed by atoms with Crippen LogP contribution in [0.15, 0.2) is 0 Å². The van der Waals surface area contributed by atoms with Crippen molar-refractivity contribution in [2.75, 3.05) is 13.6 Å². The zero-order valence-corrected chi connectivity index (χ0v) is 11.4. The van der Waals surface area contributed by atoms with Crippen LogP contribution in [0.5, 0.6) is 0 Å². The van der Waals surface area contributed by atoms with E-state index in [1.54, 1.807) is 0 Å². The molecule has 0 spiro atoms. The van der Waals surface area contributed by atoms with E-state index in [0.29, 0.717) is 6.04 Å². The Hall–Kier alpha value is -0.0800. The fraction of sp³-hybridized carbons (Fsp3) is 1.00. The number of rotatable bonds is 6. The fourth-order valence-electron chi connectivity index (χ4n) is 3.10. The number of unbranched alkanes of at least 4 members (excludes halogenated alkanes) is 1. The number of hydrogen-bond donors (Lipinski definition) is 1. The smallest absolute Gasteiger partial charge is 0.0218 e. The lowest BCUT2D eigenvalue weighted by atomic mass is 9.84. The third-order valence-corrected chi connectivity index (χ3v) is 4.33. The van der Waals surface area contributed by atoms with Crippen LogP contribution in [0.3, 0.4) is 0 Å². The van der Waals surface area contributed by atoms with Crippen molar-refractivity contribution in [3.05, 3.63) is 0 Å². The van der Waals surface area contributed by atoms with Gasteiger partial charge in [0.25, 0.3) is 0 Å². The predicted octanol–water partition coefficient (Wildman–Crippen LogP) is 3.01. The van der Waals surface area contributed by atoms with Crippen LogP contribution in [0.1, 0.15) is 58.8 Å². The Morgan fingerprint density at radius 1 is 1.31 bits per heavy atom. The Morgan fingerprint density at radius 2 is 2.00 bits per heavy atom. The normalized spacial score (nSPS) is 28.3. The molecule has 2 heteroatoms. The number of nitrogens with two attached hydrogens (primary N) is 1. The second-order valence-corrected chi connectivity index (χ2v) is 5.53. The van der Waals surface area contributed by atoms with Crippen LogP contribution in [-0.2, 0) is 0 Å². The highest BCUT2D eigenvalue weighted by molar-refractivity contribution is 4.83. The molecule has 1 rings (SSSR count). The predicted molar refractivity (Wildman–Crippen MR) is 71.6 cm³/mol. The van der Waals surface area contributed by atoms with Crippen molar-refractivity contribution in [1.29, 1.82) is 0 Å². The van der Waals surface area contributed by atoms with Gasteiger partial charge in [0.15, 0.2) is 0 Å². The summed E-state index contributed by atoms with van der Waals surface area (Å²) >= 11 is 0. The topological polar surface area (TPSA) is 29.3 Å². The highest BCUT2D eigenvalue weighted by Gasteiger charge is 2.28. The Labute approximate surface area is 102 Å². The Bertz CT molecular complexity index is 182. The molecule has 0 heterocycles. The summed E-state index contributed by atoms with van der Waals surface area (Å²) in [6.07, 6.45) is 9.48. The van der Waals surface area contributed by atoms with Crippen molar-refractivity contribution in [2.24, 2.45) is 11.7 Å². The van der Waals surface area contributed by atoms with Crippen molar-refractivity contribution in [2.45, 2.75) is 70.9 Å². The van der Waals surface area contributed by atoms with Gasteiger partial charge in [0.05, 0.1) is 0 Å². The summed E-state index contributed by atoms with van der Waals surface area (Å²) in [7, 11) is 2.29. The standard InChI is InChI=1S/C14H30N2/c1-4-5-9-13(11-15)16(3)14-10-7-6-8-12(14)2/h12-14H,4-11,15H2,1-3H3. The summed E-state index contributed by atoms with van der Waals surface area (Å²) < 4.78 is 0. The maximum absolute atomic E-state index is 5.92. The maximum Gasteiger partial charge on any atom is 0.0218 e. The van der Waals surface area contributed by atoms with Crippen LogP contribution in [0.25, 0.3) is 0 Å². The molecule has 0 bridgehead atoms. The molecule has 0 aromatic carbocycles. The second kappa shape index (κ2) is 7.29. The third-order valence-electron chi connectivity index (χ3n) is 4.33. The summed E-state index contributed by atoms with van der Waals surface area (Å²) in [5.74, 6) is 0.856. The molecule has 96 valence electrons. The van der Waals surface area contributed by atoms with Gasteiger partial charge < -0.3 is 5.73 Å². The summed E-state index contributed by atoms with van der Waals surface area (Å²) in [5.41, 5.74) is 5.92. The molecule has 0 amide bonds. The van der Waals surface area contributed by atoms with Gasteiger partial charge in [-0.15, -0.1) is 0 Å². The van der Waals surface area contributed by atoms with Crippen molar-refractivity contribution >= 4 is 0 Å². The van der Waals surface area contributed by atoms with E-state index in [-0.39, 0.29) is 0 Å². The molecular formula is C14H30N2. The van der Waals surface area contributed by atoms with Gasteiger partial charge in [0.2, 0.25) is 0 Å². The highest BCUT2D eigenvalue weighted by Crippen LogP contribution is 2.29. The quantitative estimate of drug-likeness (QED) is 0.754. The van der Waals surface area contributed by atoms with Gasteiger partial charge in [-0.3, -0.25) is 4.90 Å². The first-order valence-corrected chi connectivity index (χ1v) is 7.12. The summed E-state index contributed by atoms with van der Waals surface area (Å²) in [6.45, 7) is 5.49. The average Bonchev–Trinajstić information content (AvgIpc) is 2.30. The molecule has 16 heavy (non-hydrogen) atoms. The lowest BCUT2D eigenvalue weighted by Crippen LogP contribution is -2.48. The zero-order chi connectivity index (χ0) is 12.0. The molecule has 0 aliphatic heterocycles. The van der Waals surface area contributed by atoms with E-state index in [4.69, 9.17) is 5.73 Å². The number of likely N-dealkylation sites (N-methyl/N-ethyl adjacent to an activating group) is 1. The molecular weight excluding hydrogens is 196 g/mol. The highest BCUT2D eigenvalue weighted by atomic mass is 15.2. The van der Waals surface area contributed by atoms with Gasteiger partial charge in [-0.2, -0.15) is 0 Å². The van der Waals surface area contributed by atoms with E-state index in [0.717, 1.165) is 18.5 Å². The van der Waals surface area contributed by atoms with Gasteiger partial charge in [-0.05, 0) is 32.2 Å². The Balaban J connectivity index is 2.47. The number of hydrogen-bond acceptors (Lipinski definition) is 2. The molecule has 3 atom stereocenters. The summed E-state index contributed by atoms with van der Waals surface area (Å²) in [5, 5.41) is 0. The van der Waals surface area contributed by atoms with E-state index in [1.165, 1.54) is 44.9 Å². The Kier molecular flexibility index (Phi) is 6.37. The molecule has 1 aliphatic rings. The molecule has 1 fully saturated rings. The lowest BCUT2D eigenvalue weighted by Gasteiger charge is -2.40. The summed E-state index contributed by atoms with van der Waals surface area (Å²) in [4.78, 5) is 2.58. The second-order valence-electron chi connectivity index (χ2n) is 5.53. The van der Waals surface area contributed by atoms with Crippen molar-refractivity contribution in [3.8, 4) is 0 Å². The molecule has 3 unspecified atom stereocenters. The van der Waals surface area contributed by atoms with E-state index < -0.39 is 0 Å². The van der Waals surface area contributed by atoms with Gasteiger partial charge >= 0.3 is 0 Å². The largest absolute Gasteiger partial charge is 0.329 e. The summed E-state index contributed by atoms with van der Waals surface area (Å²) in [6, 6.07) is 1.38. The third kappa shape index (κ3) is 3.74. The van der Waals surface area contributed by atoms with E-state index in [2.05, 4.69) is 25.8 Å². The zero-order valence-electron chi connectivity index (χ0n) is 11.4. The van der Waals surface area contributed by atoms with E-state index in [9.17, 15) is 0 Å². The lowest BCUT2D eigenvalue weighted by molar-refractivity contribution is 0.0940. The van der Waals surface area contributed by atoms with Crippen LogP contribution in [0, 0.1) is 5.92 Å². The van der Waals surface area contributed by atoms with Gasteiger partial charge in [-0.25, -0.2) is 0 Å². The first-order valence-electron chi connectivity index (χ1n) is 7.12. The first-order chi connectivity index (χ1) is 7.70. The van der Waals surface area contributed by atoms with Crippen LogP contribution in [0.2, 0.25) is 0 Å². The monoisotopic (exact) mass is 226 g/mol. The fourth-order valence-corrected chi connectivity index (χ4v) is 3.10. The molecule has 0 aromatic rings. The average molecular weight is 226 g/mol. The van der Waals surface area contributed by atoms with Gasteiger partial charge in [-0.1, -0.05) is 39.5 Å². The van der Waals surface area contributed by atoms with Gasteiger partial charge in [0.1, 0.15) is 0 Å². The van der Waals surface area contributed by atoms with Crippen molar-refractivity contribution in [3.63, 3.8) is 0 Å². The molecule has 0 aromatic heterocycles. The number of nitrogens with zero attached hydrogens (tertiary/aromatic N) is 1. The van der Waals surface area contributed by atoms with Crippen molar-refractivity contribution in [1.82, 2.24) is 4.90 Å². The van der Waals surface area contributed by atoms with Crippen LogP contribution in [-0.4, -0.2) is 30.6 Å². The minimum atomic E-state index is 0.602. The van der Waals surface area contributed by atoms with Crippen molar-refractivity contribution < 1.29 is 0 Å². The molecule has 1 aliphatic carbocycles. The first kappa shape index (κ1) is 14.0. The molecule has 0 radical (unpaired) electrons. The molecule has 2 nitrogen and oxygen atoms in total. The van der Waals surface area contributed by atoms with Crippen LogP contribution < -0.4 is 5.73 Å². The van der Waals surface area contributed by atoms with Crippen LogP contribution in [0.4, 0.5) is 0 Å². The molecule has 1 saturated carbocycles. The Morgan fingerprint density at radius 3 is 2.56 bits per heavy atom. The van der Waals surface area contributed by atoms with E-state index in [1.807, 2.05) is 0 Å². The maximum atomic E-state index is 5.92. The van der Waals surface area contributed by atoms with Crippen LogP contribution >= 0.6 is 0 Å². The molecule has 0 saturated heterocycles. The van der Waals surface area contributed by atoms with E-state index >= 15 is 0 Å². The minimum absolute atomic E-state index is 0.602. The minimum Gasteiger partial charge on any atom is -0.329 e. The van der Waals surface area contributed by atoms with Gasteiger partial charge in [0, 0.05) is 18.6 Å². The molecule has 2 N–H and O–H groups in total.